The number of ether oxygens (including phenoxy) is 2. The standard InChI is InChI=1S/C15H18IN3O3/c1-9-15(16)10(2)19(18-9)8-14(20)17-12-7-11(21-3)5-6-13(12)22-4/h5-7H,8H2,1-4H3,(H,17,20). The highest BCUT2D eigenvalue weighted by atomic mass is 127. The van der Waals surface area contributed by atoms with Crippen LogP contribution in [0, 0.1) is 17.4 Å². The number of benzene rings is 1. The predicted octanol–water partition coefficient (Wildman–Crippen LogP) is 2.76. The number of carbonyl (C=O) groups is 1. The first-order valence-electron chi connectivity index (χ1n) is 6.67. The summed E-state index contributed by atoms with van der Waals surface area (Å²) >= 11 is 2.23. The van der Waals surface area contributed by atoms with Crippen molar-refractivity contribution < 1.29 is 14.3 Å². The van der Waals surface area contributed by atoms with Crippen molar-refractivity contribution in [3.05, 3.63) is 33.2 Å². The van der Waals surface area contributed by atoms with Crippen LogP contribution in [0.2, 0.25) is 0 Å². The van der Waals surface area contributed by atoms with Crippen molar-refractivity contribution in [2.75, 3.05) is 19.5 Å². The zero-order chi connectivity index (χ0) is 16.3. The zero-order valence-corrected chi connectivity index (χ0v) is 15.1. The molecule has 1 heterocycles. The molecule has 0 unspecified atom stereocenters. The van der Waals surface area contributed by atoms with E-state index in [0.717, 1.165) is 15.0 Å². The fraction of sp³-hybridized carbons (Fsp3) is 0.333. The molecule has 0 aliphatic rings. The van der Waals surface area contributed by atoms with Crippen LogP contribution in [0.3, 0.4) is 0 Å². The van der Waals surface area contributed by atoms with Crippen molar-refractivity contribution in [3.63, 3.8) is 0 Å². The quantitative estimate of drug-likeness (QED) is 0.763. The smallest absolute Gasteiger partial charge is 0.246 e. The maximum absolute atomic E-state index is 12.3. The summed E-state index contributed by atoms with van der Waals surface area (Å²) in [5.74, 6) is 1.06. The van der Waals surface area contributed by atoms with Crippen LogP contribution >= 0.6 is 22.6 Å². The first kappa shape index (κ1) is 16.6. The average Bonchev–Trinajstić information content (AvgIpc) is 2.74. The normalized spacial score (nSPS) is 10.4. The van der Waals surface area contributed by atoms with Gasteiger partial charge in [0.2, 0.25) is 5.91 Å². The molecule has 0 saturated carbocycles. The number of carbonyl (C=O) groups excluding carboxylic acids is 1. The summed E-state index contributed by atoms with van der Waals surface area (Å²) in [5.41, 5.74) is 2.47. The first-order chi connectivity index (χ1) is 10.5. The second-order valence-corrected chi connectivity index (χ2v) is 5.84. The van der Waals surface area contributed by atoms with Crippen LogP contribution in [0.5, 0.6) is 11.5 Å². The van der Waals surface area contributed by atoms with Gasteiger partial charge in [-0.25, -0.2) is 0 Å². The third kappa shape index (κ3) is 3.52. The number of nitrogens with one attached hydrogen (secondary N) is 1. The van der Waals surface area contributed by atoms with Crippen LogP contribution in [0.1, 0.15) is 11.4 Å². The largest absolute Gasteiger partial charge is 0.497 e. The number of hydrogen-bond donors (Lipinski definition) is 1. The molecule has 2 rings (SSSR count). The van der Waals surface area contributed by atoms with Crippen molar-refractivity contribution in [1.29, 1.82) is 0 Å². The lowest BCUT2D eigenvalue weighted by molar-refractivity contribution is -0.116. The molecule has 1 aromatic carbocycles. The Hall–Kier alpha value is -1.77. The number of hydrogen-bond acceptors (Lipinski definition) is 4. The van der Waals surface area contributed by atoms with Gasteiger partial charge in [0.25, 0.3) is 0 Å². The lowest BCUT2D eigenvalue weighted by Crippen LogP contribution is -2.20. The van der Waals surface area contributed by atoms with Gasteiger partial charge in [-0.3, -0.25) is 9.48 Å². The molecule has 118 valence electrons. The van der Waals surface area contributed by atoms with Crippen molar-refractivity contribution in [1.82, 2.24) is 9.78 Å². The van der Waals surface area contributed by atoms with Gasteiger partial charge in [-0.1, -0.05) is 0 Å². The van der Waals surface area contributed by atoms with E-state index in [0.29, 0.717) is 17.2 Å². The van der Waals surface area contributed by atoms with Gasteiger partial charge < -0.3 is 14.8 Å². The first-order valence-corrected chi connectivity index (χ1v) is 7.75. The van der Waals surface area contributed by atoms with E-state index in [1.165, 1.54) is 0 Å². The summed E-state index contributed by atoms with van der Waals surface area (Å²) in [7, 11) is 3.13. The summed E-state index contributed by atoms with van der Waals surface area (Å²) < 4.78 is 13.2. The van der Waals surface area contributed by atoms with Crippen LogP contribution in [-0.4, -0.2) is 29.9 Å². The number of amides is 1. The van der Waals surface area contributed by atoms with E-state index in [1.54, 1.807) is 37.1 Å². The van der Waals surface area contributed by atoms with Gasteiger partial charge in [0, 0.05) is 11.8 Å². The number of methoxy groups -OCH3 is 2. The Bertz CT molecular complexity index is 698. The SMILES string of the molecule is COc1ccc(OC)c(NC(=O)Cn2nc(C)c(I)c2C)c1. The number of halogens is 1. The third-order valence-electron chi connectivity index (χ3n) is 3.27. The van der Waals surface area contributed by atoms with E-state index in [-0.39, 0.29) is 12.5 Å². The molecule has 0 spiro atoms. The zero-order valence-electron chi connectivity index (χ0n) is 12.9. The highest BCUT2D eigenvalue weighted by molar-refractivity contribution is 14.1. The van der Waals surface area contributed by atoms with E-state index in [4.69, 9.17) is 9.47 Å². The van der Waals surface area contributed by atoms with Gasteiger partial charge in [-0.2, -0.15) is 5.10 Å². The number of rotatable bonds is 5. The maximum atomic E-state index is 12.3. The van der Waals surface area contributed by atoms with Crippen molar-refractivity contribution in [2.45, 2.75) is 20.4 Å². The van der Waals surface area contributed by atoms with E-state index < -0.39 is 0 Å². The van der Waals surface area contributed by atoms with Gasteiger partial charge in [0.1, 0.15) is 18.0 Å². The Morgan fingerprint density at radius 3 is 2.59 bits per heavy atom. The van der Waals surface area contributed by atoms with Crippen molar-refractivity contribution in [3.8, 4) is 11.5 Å². The molecule has 22 heavy (non-hydrogen) atoms. The number of aryl methyl sites for hydroxylation is 1. The van der Waals surface area contributed by atoms with Crippen LogP contribution in [0.15, 0.2) is 18.2 Å². The minimum absolute atomic E-state index is 0.149. The molecule has 0 aliphatic carbocycles. The minimum Gasteiger partial charge on any atom is -0.497 e. The molecule has 1 amide bonds. The lowest BCUT2D eigenvalue weighted by Gasteiger charge is -2.12. The van der Waals surface area contributed by atoms with Crippen molar-refractivity contribution in [2.24, 2.45) is 0 Å². The second-order valence-electron chi connectivity index (χ2n) is 4.76. The van der Waals surface area contributed by atoms with Crippen LogP contribution < -0.4 is 14.8 Å². The fourth-order valence-corrected chi connectivity index (χ4v) is 2.45. The highest BCUT2D eigenvalue weighted by Crippen LogP contribution is 2.28. The number of aromatic nitrogens is 2. The molecule has 7 heteroatoms. The monoisotopic (exact) mass is 415 g/mol. The van der Waals surface area contributed by atoms with Crippen molar-refractivity contribution >= 4 is 34.2 Å². The molecule has 0 bridgehead atoms. The summed E-state index contributed by atoms with van der Waals surface area (Å²) in [5, 5.41) is 7.19. The second kappa shape index (κ2) is 6.99. The van der Waals surface area contributed by atoms with Gasteiger partial charge in [-0.15, -0.1) is 0 Å². The topological polar surface area (TPSA) is 65.4 Å². The van der Waals surface area contributed by atoms with Crippen LogP contribution in [0.25, 0.3) is 0 Å². The molecule has 1 aromatic heterocycles. The van der Waals surface area contributed by atoms with E-state index in [9.17, 15) is 4.79 Å². The van der Waals surface area contributed by atoms with Gasteiger partial charge in [0.15, 0.2) is 0 Å². The van der Waals surface area contributed by atoms with E-state index in [2.05, 4.69) is 33.0 Å². The highest BCUT2D eigenvalue weighted by Gasteiger charge is 2.14. The number of nitrogens with zero attached hydrogens (tertiary/aromatic N) is 2. The Labute approximate surface area is 142 Å². The molecule has 1 N–H and O–H groups in total. The predicted molar refractivity (Wildman–Crippen MR) is 92.6 cm³/mol. The fourth-order valence-electron chi connectivity index (χ4n) is 2.07. The molecule has 0 fully saturated rings. The van der Waals surface area contributed by atoms with Gasteiger partial charge in [-0.05, 0) is 48.6 Å². The summed E-state index contributed by atoms with van der Waals surface area (Å²) in [6.07, 6.45) is 0. The molecule has 6 nitrogen and oxygen atoms in total. The molecule has 2 aromatic rings. The maximum Gasteiger partial charge on any atom is 0.246 e. The van der Waals surface area contributed by atoms with Gasteiger partial charge in [0.05, 0.1) is 29.2 Å². The summed E-state index contributed by atoms with van der Waals surface area (Å²) in [6.45, 7) is 4.02. The Morgan fingerprint density at radius 2 is 2.05 bits per heavy atom. The number of anilines is 1. The van der Waals surface area contributed by atoms with Crippen LogP contribution in [-0.2, 0) is 11.3 Å². The van der Waals surface area contributed by atoms with Gasteiger partial charge >= 0.3 is 0 Å². The van der Waals surface area contributed by atoms with E-state index >= 15 is 0 Å². The van der Waals surface area contributed by atoms with E-state index in [1.807, 2.05) is 13.8 Å². The Balaban J connectivity index is 2.16. The average molecular weight is 415 g/mol. The molecule has 0 saturated heterocycles. The lowest BCUT2D eigenvalue weighted by atomic mass is 10.2. The third-order valence-corrected chi connectivity index (χ3v) is 4.83. The summed E-state index contributed by atoms with van der Waals surface area (Å²) in [6, 6.07) is 5.25. The molecule has 0 radical (unpaired) electrons. The molecule has 0 aliphatic heterocycles. The Morgan fingerprint density at radius 1 is 1.32 bits per heavy atom. The Kier molecular flexibility index (Phi) is 5.28. The minimum atomic E-state index is -0.173. The van der Waals surface area contributed by atoms with Crippen LogP contribution in [0.4, 0.5) is 5.69 Å². The molecule has 0 atom stereocenters. The molecular weight excluding hydrogens is 397 g/mol. The summed E-state index contributed by atoms with van der Waals surface area (Å²) in [4.78, 5) is 12.3. The molecular formula is C15H18IN3O3.